The van der Waals surface area contributed by atoms with Crippen molar-refractivity contribution in [2.45, 2.75) is 26.6 Å². The second-order valence-electron chi connectivity index (χ2n) is 4.55. The van der Waals surface area contributed by atoms with E-state index in [1.807, 2.05) is 13.8 Å². The van der Waals surface area contributed by atoms with Crippen LogP contribution in [-0.4, -0.2) is 27.4 Å². The average molecular weight is 278 g/mol. The molecule has 0 radical (unpaired) electrons. The fraction of sp³-hybridized carbons (Fsp3) is 0.308. The highest BCUT2D eigenvalue weighted by Crippen LogP contribution is 2.25. The molecule has 3 N–H and O–H groups in total. The predicted octanol–water partition coefficient (Wildman–Crippen LogP) is 1.63. The third-order valence-corrected chi connectivity index (χ3v) is 2.68. The van der Waals surface area contributed by atoms with Gasteiger partial charge in [0.15, 0.2) is 5.69 Å². The van der Waals surface area contributed by atoms with Crippen LogP contribution in [0.1, 0.15) is 29.9 Å². The number of halogens is 1. The van der Waals surface area contributed by atoms with Crippen molar-refractivity contribution in [3.05, 3.63) is 35.3 Å². The molecule has 106 valence electrons. The predicted molar refractivity (Wildman–Crippen MR) is 70.2 cm³/mol. The maximum atomic E-state index is 13.4. The standard InChI is InChI=1S/C13H15FN4O2/c1-7(2)20-6-8-5-9(14)3-4-10(8)11-12(13(15)19)17-18-16-11/h3-5,7H,6H2,1-2H3,(H2,15,19)(H,16,17,18). The van der Waals surface area contributed by atoms with Crippen molar-refractivity contribution < 1.29 is 13.9 Å². The molecule has 2 rings (SSSR count). The number of rotatable bonds is 5. The van der Waals surface area contributed by atoms with Gasteiger partial charge >= 0.3 is 0 Å². The Morgan fingerprint density at radius 3 is 2.85 bits per heavy atom. The van der Waals surface area contributed by atoms with Gasteiger partial charge in [-0.1, -0.05) is 0 Å². The van der Waals surface area contributed by atoms with Crippen LogP contribution < -0.4 is 5.73 Å². The average Bonchev–Trinajstić information content (AvgIpc) is 2.85. The van der Waals surface area contributed by atoms with E-state index in [-0.39, 0.29) is 24.2 Å². The lowest BCUT2D eigenvalue weighted by Gasteiger charge is -2.11. The maximum absolute atomic E-state index is 13.4. The Morgan fingerprint density at radius 2 is 2.20 bits per heavy atom. The number of H-pyrrole nitrogens is 1. The first-order chi connectivity index (χ1) is 9.49. The van der Waals surface area contributed by atoms with Gasteiger partial charge in [0.05, 0.1) is 12.7 Å². The molecule has 1 aromatic carbocycles. The molecule has 0 atom stereocenters. The Kier molecular flexibility index (Phi) is 4.09. The van der Waals surface area contributed by atoms with Gasteiger partial charge in [0, 0.05) is 5.56 Å². The molecule has 2 aromatic rings. The summed E-state index contributed by atoms with van der Waals surface area (Å²) in [6.45, 7) is 3.96. The second-order valence-corrected chi connectivity index (χ2v) is 4.55. The summed E-state index contributed by atoms with van der Waals surface area (Å²) in [7, 11) is 0. The number of aromatic nitrogens is 3. The zero-order chi connectivity index (χ0) is 14.7. The highest BCUT2D eigenvalue weighted by molar-refractivity contribution is 5.97. The third kappa shape index (κ3) is 3.00. The zero-order valence-electron chi connectivity index (χ0n) is 11.2. The lowest BCUT2D eigenvalue weighted by Crippen LogP contribution is -2.13. The number of nitrogens with one attached hydrogen (secondary N) is 1. The van der Waals surface area contributed by atoms with E-state index in [1.165, 1.54) is 18.2 Å². The van der Waals surface area contributed by atoms with Crippen LogP contribution >= 0.6 is 0 Å². The molecule has 0 aliphatic rings. The van der Waals surface area contributed by atoms with E-state index in [4.69, 9.17) is 10.5 Å². The Balaban J connectivity index is 2.44. The molecule has 0 saturated heterocycles. The minimum absolute atomic E-state index is 0.000892. The lowest BCUT2D eigenvalue weighted by molar-refractivity contribution is 0.0658. The summed E-state index contributed by atoms with van der Waals surface area (Å²) >= 11 is 0. The SMILES string of the molecule is CC(C)OCc1cc(F)ccc1-c1n[nH]nc1C(N)=O. The molecule has 1 amide bonds. The number of ether oxygens (including phenoxy) is 1. The molecule has 0 unspecified atom stereocenters. The van der Waals surface area contributed by atoms with E-state index in [0.29, 0.717) is 16.8 Å². The minimum atomic E-state index is -0.700. The molecular formula is C13H15FN4O2. The number of benzene rings is 1. The molecule has 0 aliphatic carbocycles. The fourth-order valence-electron chi connectivity index (χ4n) is 1.76. The van der Waals surface area contributed by atoms with Crippen molar-refractivity contribution >= 4 is 5.91 Å². The van der Waals surface area contributed by atoms with Gasteiger partial charge in [-0.15, -0.1) is 0 Å². The van der Waals surface area contributed by atoms with Crippen molar-refractivity contribution in [2.24, 2.45) is 5.73 Å². The molecule has 1 aromatic heterocycles. The quantitative estimate of drug-likeness (QED) is 0.869. The Bertz CT molecular complexity index is 625. The topological polar surface area (TPSA) is 93.9 Å². The first-order valence-corrected chi connectivity index (χ1v) is 6.10. The molecule has 0 bridgehead atoms. The maximum Gasteiger partial charge on any atom is 0.271 e. The summed E-state index contributed by atoms with van der Waals surface area (Å²) in [5.41, 5.74) is 6.68. The summed E-state index contributed by atoms with van der Waals surface area (Å²) < 4.78 is 18.9. The highest BCUT2D eigenvalue weighted by Gasteiger charge is 2.18. The number of carbonyl (C=O) groups excluding carboxylic acids is 1. The molecule has 1 heterocycles. The Hall–Kier alpha value is -2.28. The molecule has 20 heavy (non-hydrogen) atoms. The molecule has 0 saturated carbocycles. The normalized spacial score (nSPS) is 11.0. The monoisotopic (exact) mass is 278 g/mol. The van der Waals surface area contributed by atoms with Crippen LogP contribution in [0.3, 0.4) is 0 Å². The van der Waals surface area contributed by atoms with Gasteiger partial charge in [-0.25, -0.2) is 4.39 Å². The number of nitrogens with two attached hydrogens (primary N) is 1. The molecule has 0 fully saturated rings. The van der Waals surface area contributed by atoms with Gasteiger partial charge in [0.25, 0.3) is 5.91 Å². The van der Waals surface area contributed by atoms with E-state index in [9.17, 15) is 9.18 Å². The highest BCUT2D eigenvalue weighted by atomic mass is 19.1. The molecule has 0 spiro atoms. The number of nitrogens with zero attached hydrogens (tertiary/aromatic N) is 2. The van der Waals surface area contributed by atoms with Crippen LogP contribution in [0.4, 0.5) is 4.39 Å². The smallest absolute Gasteiger partial charge is 0.271 e. The van der Waals surface area contributed by atoms with Gasteiger partial charge in [0.1, 0.15) is 11.5 Å². The molecular weight excluding hydrogens is 263 g/mol. The number of aromatic amines is 1. The molecule has 7 heteroatoms. The lowest BCUT2D eigenvalue weighted by atomic mass is 10.0. The number of carbonyl (C=O) groups is 1. The summed E-state index contributed by atoms with van der Waals surface area (Å²) in [5.74, 6) is -1.09. The van der Waals surface area contributed by atoms with Crippen LogP contribution in [0.15, 0.2) is 18.2 Å². The van der Waals surface area contributed by atoms with Crippen LogP contribution in [0, 0.1) is 5.82 Å². The van der Waals surface area contributed by atoms with Crippen LogP contribution in [0.25, 0.3) is 11.3 Å². The molecule has 0 aliphatic heterocycles. The van der Waals surface area contributed by atoms with Crippen molar-refractivity contribution in [2.75, 3.05) is 0 Å². The van der Waals surface area contributed by atoms with Crippen molar-refractivity contribution in [3.63, 3.8) is 0 Å². The molecule has 6 nitrogen and oxygen atoms in total. The van der Waals surface area contributed by atoms with Crippen molar-refractivity contribution in [3.8, 4) is 11.3 Å². The van der Waals surface area contributed by atoms with Crippen LogP contribution in [0.5, 0.6) is 0 Å². The van der Waals surface area contributed by atoms with Gasteiger partial charge in [-0.2, -0.15) is 15.4 Å². The van der Waals surface area contributed by atoms with E-state index in [1.54, 1.807) is 0 Å². The van der Waals surface area contributed by atoms with Crippen molar-refractivity contribution in [1.29, 1.82) is 0 Å². The van der Waals surface area contributed by atoms with E-state index < -0.39 is 5.91 Å². The number of amides is 1. The first-order valence-electron chi connectivity index (χ1n) is 6.10. The van der Waals surface area contributed by atoms with Crippen molar-refractivity contribution in [1.82, 2.24) is 15.4 Å². The summed E-state index contributed by atoms with van der Waals surface area (Å²) in [4.78, 5) is 11.3. The van der Waals surface area contributed by atoms with Gasteiger partial charge in [-0.3, -0.25) is 4.79 Å². The Morgan fingerprint density at radius 1 is 1.45 bits per heavy atom. The second kappa shape index (κ2) is 5.79. The minimum Gasteiger partial charge on any atom is -0.374 e. The van der Waals surface area contributed by atoms with Gasteiger partial charge < -0.3 is 10.5 Å². The number of hydrogen-bond acceptors (Lipinski definition) is 4. The van der Waals surface area contributed by atoms with E-state index >= 15 is 0 Å². The first kappa shape index (κ1) is 14.1. The van der Waals surface area contributed by atoms with E-state index in [2.05, 4.69) is 15.4 Å². The number of primary amides is 1. The van der Waals surface area contributed by atoms with Crippen LogP contribution in [0.2, 0.25) is 0 Å². The third-order valence-electron chi connectivity index (χ3n) is 2.68. The van der Waals surface area contributed by atoms with E-state index in [0.717, 1.165) is 0 Å². The summed E-state index contributed by atoms with van der Waals surface area (Å²) in [6, 6.07) is 4.16. The fourth-order valence-corrected chi connectivity index (χ4v) is 1.76. The largest absolute Gasteiger partial charge is 0.374 e. The number of hydrogen-bond donors (Lipinski definition) is 2. The Labute approximate surface area is 115 Å². The zero-order valence-corrected chi connectivity index (χ0v) is 11.2. The summed E-state index contributed by atoms with van der Waals surface area (Å²) in [6.07, 6.45) is -0.000892. The van der Waals surface area contributed by atoms with Gasteiger partial charge in [0.2, 0.25) is 0 Å². The summed E-state index contributed by atoms with van der Waals surface area (Å²) in [5, 5.41) is 9.97. The van der Waals surface area contributed by atoms with Gasteiger partial charge in [-0.05, 0) is 37.6 Å². The van der Waals surface area contributed by atoms with Crippen LogP contribution in [-0.2, 0) is 11.3 Å².